The molecular weight excluding hydrogens is 142 g/mol. The molecule has 3 nitrogen and oxygen atoms in total. The molecule has 0 saturated carbocycles. The number of ether oxygens (including phenoxy) is 1. The molecular formula is C8H11NO2. The third-order valence-corrected chi connectivity index (χ3v) is 1.16. The number of carbonyl (C=O) groups excluding carboxylic acids is 1. The van der Waals surface area contributed by atoms with Crippen LogP contribution in [0.1, 0.15) is 19.8 Å². The molecule has 11 heavy (non-hydrogen) atoms. The number of carbonyl (C=O) groups is 1. The molecule has 0 aromatic heterocycles. The van der Waals surface area contributed by atoms with Crippen LogP contribution in [0.2, 0.25) is 0 Å². The molecule has 0 aliphatic heterocycles. The van der Waals surface area contributed by atoms with Crippen molar-refractivity contribution in [3.05, 3.63) is 11.6 Å². The van der Waals surface area contributed by atoms with Gasteiger partial charge < -0.3 is 4.74 Å². The SMILES string of the molecule is CCCC=C(C#N)C(=O)OC. The Bertz CT molecular complexity index is 201. The van der Waals surface area contributed by atoms with Gasteiger partial charge in [0, 0.05) is 0 Å². The van der Waals surface area contributed by atoms with E-state index in [0.717, 1.165) is 12.8 Å². The Morgan fingerprint density at radius 1 is 1.73 bits per heavy atom. The second kappa shape index (κ2) is 5.48. The van der Waals surface area contributed by atoms with Crippen molar-refractivity contribution < 1.29 is 9.53 Å². The molecule has 0 aliphatic rings. The first kappa shape index (κ1) is 9.70. The van der Waals surface area contributed by atoms with Crippen molar-refractivity contribution in [3.63, 3.8) is 0 Å². The zero-order valence-electron chi connectivity index (χ0n) is 6.76. The van der Waals surface area contributed by atoms with Gasteiger partial charge >= 0.3 is 5.97 Å². The fourth-order valence-corrected chi connectivity index (χ4v) is 0.573. The predicted molar refractivity (Wildman–Crippen MR) is 40.6 cm³/mol. The first-order chi connectivity index (χ1) is 5.26. The minimum absolute atomic E-state index is 0.0920. The second-order valence-electron chi connectivity index (χ2n) is 2.01. The molecule has 0 aromatic rings. The lowest BCUT2D eigenvalue weighted by Gasteiger charge is -1.94. The van der Waals surface area contributed by atoms with Gasteiger partial charge in [-0.2, -0.15) is 5.26 Å². The topological polar surface area (TPSA) is 50.1 Å². The van der Waals surface area contributed by atoms with Crippen LogP contribution in [0, 0.1) is 11.3 Å². The van der Waals surface area contributed by atoms with Gasteiger partial charge in [-0.15, -0.1) is 0 Å². The fourth-order valence-electron chi connectivity index (χ4n) is 0.573. The molecule has 0 radical (unpaired) electrons. The van der Waals surface area contributed by atoms with Gasteiger partial charge in [0.15, 0.2) is 0 Å². The molecule has 0 amide bonds. The maximum absolute atomic E-state index is 10.7. The molecule has 0 saturated heterocycles. The number of nitriles is 1. The van der Waals surface area contributed by atoms with Crippen molar-refractivity contribution in [2.45, 2.75) is 19.8 Å². The minimum Gasteiger partial charge on any atom is -0.465 e. The van der Waals surface area contributed by atoms with Gasteiger partial charge in [-0.3, -0.25) is 0 Å². The summed E-state index contributed by atoms with van der Waals surface area (Å²) >= 11 is 0. The number of allylic oxidation sites excluding steroid dienone is 1. The molecule has 60 valence electrons. The molecule has 0 atom stereocenters. The summed E-state index contributed by atoms with van der Waals surface area (Å²) in [6.07, 6.45) is 3.24. The van der Waals surface area contributed by atoms with Gasteiger partial charge in [0.1, 0.15) is 11.6 Å². The van der Waals surface area contributed by atoms with Crippen LogP contribution >= 0.6 is 0 Å². The fraction of sp³-hybridized carbons (Fsp3) is 0.500. The molecule has 3 heteroatoms. The van der Waals surface area contributed by atoms with Crippen LogP contribution in [0.3, 0.4) is 0 Å². The molecule has 0 N–H and O–H groups in total. The van der Waals surface area contributed by atoms with E-state index in [0.29, 0.717) is 0 Å². The van der Waals surface area contributed by atoms with Gasteiger partial charge in [0.2, 0.25) is 0 Å². The van der Waals surface area contributed by atoms with E-state index in [1.807, 2.05) is 6.92 Å². The number of rotatable bonds is 3. The Morgan fingerprint density at radius 3 is 2.73 bits per heavy atom. The third kappa shape index (κ3) is 3.41. The molecule has 0 aliphatic carbocycles. The van der Waals surface area contributed by atoms with Crippen LogP contribution in [0.4, 0.5) is 0 Å². The van der Waals surface area contributed by atoms with E-state index >= 15 is 0 Å². The van der Waals surface area contributed by atoms with Gasteiger partial charge in [-0.05, 0) is 6.42 Å². The molecule has 0 fully saturated rings. The van der Waals surface area contributed by atoms with Crippen molar-refractivity contribution in [2.75, 3.05) is 7.11 Å². The van der Waals surface area contributed by atoms with Crippen LogP contribution in [0.5, 0.6) is 0 Å². The van der Waals surface area contributed by atoms with Gasteiger partial charge in [-0.25, -0.2) is 4.79 Å². The first-order valence-corrected chi connectivity index (χ1v) is 3.44. The highest BCUT2D eigenvalue weighted by atomic mass is 16.5. The summed E-state index contributed by atoms with van der Waals surface area (Å²) < 4.78 is 4.37. The Labute approximate surface area is 66.3 Å². The summed E-state index contributed by atoms with van der Waals surface area (Å²) in [6, 6.07) is 1.77. The monoisotopic (exact) mass is 153 g/mol. The summed E-state index contributed by atoms with van der Waals surface area (Å²) in [5, 5.41) is 8.44. The quantitative estimate of drug-likeness (QED) is 0.350. The molecule has 0 aromatic carbocycles. The van der Waals surface area contributed by atoms with E-state index in [1.165, 1.54) is 7.11 Å². The Morgan fingerprint density at radius 2 is 2.36 bits per heavy atom. The Kier molecular flexibility index (Phi) is 4.83. The smallest absolute Gasteiger partial charge is 0.348 e. The van der Waals surface area contributed by atoms with Crippen LogP contribution in [-0.4, -0.2) is 13.1 Å². The van der Waals surface area contributed by atoms with Crippen LogP contribution in [-0.2, 0) is 9.53 Å². The van der Waals surface area contributed by atoms with Crippen molar-refractivity contribution in [2.24, 2.45) is 0 Å². The Hall–Kier alpha value is -1.30. The maximum atomic E-state index is 10.7. The number of methoxy groups -OCH3 is 1. The Balaban J connectivity index is 4.18. The number of nitrogens with zero attached hydrogens (tertiary/aromatic N) is 1. The maximum Gasteiger partial charge on any atom is 0.348 e. The number of hydrogen-bond acceptors (Lipinski definition) is 3. The molecule has 0 bridgehead atoms. The molecule has 0 spiro atoms. The zero-order chi connectivity index (χ0) is 8.69. The average molecular weight is 153 g/mol. The molecule has 0 heterocycles. The van der Waals surface area contributed by atoms with E-state index in [2.05, 4.69) is 4.74 Å². The van der Waals surface area contributed by atoms with Crippen molar-refractivity contribution in [1.29, 1.82) is 5.26 Å². The highest BCUT2D eigenvalue weighted by Gasteiger charge is 2.06. The zero-order valence-corrected chi connectivity index (χ0v) is 6.76. The van der Waals surface area contributed by atoms with Gasteiger partial charge in [0.25, 0.3) is 0 Å². The number of hydrogen-bond donors (Lipinski definition) is 0. The van der Waals surface area contributed by atoms with E-state index in [4.69, 9.17) is 5.26 Å². The van der Waals surface area contributed by atoms with Gasteiger partial charge in [-0.1, -0.05) is 19.4 Å². The van der Waals surface area contributed by atoms with Gasteiger partial charge in [0.05, 0.1) is 7.11 Å². The van der Waals surface area contributed by atoms with Crippen LogP contribution in [0.25, 0.3) is 0 Å². The van der Waals surface area contributed by atoms with E-state index in [-0.39, 0.29) is 5.57 Å². The summed E-state index contributed by atoms with van der Waals surface area (Å²) in [6.45, 7) is 1.97. The third-order valence-electron chi connectivity index (χ3n) is 1.16. The lowest BCUT2D eigenvalue weighted by Crippen LogP contribution is -2.02. The van der Waals surface area contributed by atoms with Crippen molar-refractivity contribution in [1.82, 2.24) is 0 Å². The second-order valence-corrected chi connectivity index (χ2v) is 2.01. The summed E-state index contributed by atoms with van der Waals surface area (Å²) in [4.78, 5) is 10.7. The number of unbranched alkanes of at least 4 members (excludes halogenated alkanes) is 1. The highest BCUT2D eigenvalue weighted by Crippen LogP contribution is 1.99. The van der Waals surface area contributed by atoms with E-state index in [1.54, 1.807) is 12.1 Å². The standard InChI is InChI=1S/C8H11NO2/c1-3-4-5-7(6-9)8(10)11-2/h5H,3-4H2,1-2H3. The first-order valence-electron chi connectivity index (χ1n) is 3.44. The summed E-state index contributed by atoms with van der Waals surface area (Å²) in [5.74, 6) is -0.555. The molecule has 0 rings (SSSR count). The molecule has 0 unspecified atom stereocenters. The summed E-state index contributed by atoms with van der Waals surface area (Å²) in [7, 11) is 1.26. The van der Waals surface area contributed by atoms with E-state index in [9.17, 15) is 4.79 Å². The minimum atomic E-state index is -0.555. The van der Waals surface area contributed by atoms with Crippen LogP contribution < -0.4 is 0 Å². The van der Waals surface area contributed by atoms with Crippen LogP contribution in [0.15, 0.2) is 11.6 Å². The predicted octanol–water partition coefficient (Wildman–Crippen LogP) is 1.41. The lowest BCUT2D eigenvalue weighted by molar-refractivity contribution is -0.135. The lowest BCUT2D eigenvalue weighted by atomic mass is 10.2. The van der Waals surface area contributed by atoms with Crippen molar-refractivity contribution >= 4 is 5.97 Å². The average Bonchev–Trinajstić information content (AvgIpc) is 2.05. The van der Waals surface area contributed by atoms with Crippen molar-refractivity contribution in [3.8, 4) is 6.07 Å². The summed E-state index contributed by atoms with van der Waals surface area (Å²) in [5.41, 5.74) is 0.0920. The highest BCUT2D eigenvalue weighted by molar-refractivity contribution is 5.92. The largest absolute Gasteiger partial charge is 0.465 e. The van der Waals surface area contributed by atoms with E-state index < -0.39 is 5.97 Å². The normalized spacial score (nSPS) is 10.5. The number of esters is 1.